The smallest absolute Gasteiger partial charge is 0.356 e. The van der Waals surface area contributed by atoms with Gasteiger partial charge >= 0.3 is 5.97 Å². The van der Waals surface area contributed by atoms with Crippen LogP contribution in [0.5, 0.6) is 0 Å². The quantitative estimate of drug-likeness (QED) is 0.781. The number of imidazole rings is 1. The molecule has 1 aliphatic rings. The molecule has 0 saturated heterocycles. The Bertz CT molecular complexity index is 928. The van der Waals surface area contributed by atoms with Crippen LogP contribution in [-0.2, 0) is 20.0 Å². The molecule has 1 aliphatic heterocycles. The molecule has 4 rings (SSSR count). The number of nitrogens with zero attached hydrogens (tertiary/aromatic N) is 6. The van der Waals surface area contributed by atoms with E-state index in [9.17, 15) is 4.79 Å². The summed E-state index contributed by atoms with van der Waals surface area (Å²) in [5.74, 6) is 0.724. The highest BCUT2D eigenvalue weighted by atomic mass is 16.4. The number of hydrogen-bond acceptors (Lipinski definition) is 5. The Hall–Kier alpha value is -2.90. The van der Waals surface area contributed by atoms with Crippen LogP contribution in [0.3, 0.4) is 0 Å². The van der Waals surface area contributed by atoms with Gasteiger partial charge in [0.2, 0.25) is 0 Å². The third-order valence-corrected chi connectivity index (χ3v) is 4.72. The molecule has 3 aromatic rings. The Labute approximate surface area is 138 Å². The molecule has 8 heteroatoms. The lowest BCUT2D eigenvalue weighted by Crippen LogP contribution is -2.38. The maximum atomic E-state index is 11.1. The van der Waals surface area contributed by atoms with Crippen molar-refractivity contribution in [2.24, 2.45) is 7.05 Å². The molecule has 0 fully saturated rings. The number of fused-ring (bicyclic) bond motifs is 2. The average Bonchev–Trinajstić information content (AvgIpc) is 3.17. The van der Waals surface area contributed by atoms with E-state index in [-0.39, 0.29) is 11.7 Å². The number of carboxylic acids is 1. The summed E-state index contributed by atoms with van der Waals surface area (Å²) in [7, 11) is 3.99. The maximum absolute atomic E-state index is 11.1. The van der Waals surface area contributed by atoms with E-state index in [4.69, 9.17) is 5.11 Å². The van der Waals surface area contributed by atoms with Crippen LogP contribution < -0.4 is 4.90 Å². The molecule has 8 nitrogen and oxygen atoms in total. The standard InChI is InChI=1S/C16H18N6O2/c1-20-5-4-11-14(20)17-9-18-15(11)21(2)10-3-6-22-8-12(16(23)24)19-13(22)7-10/h4-5,8-10H,3,6-7H2,1-2H3,(H,23,24). The van der Waals surface area contributed by atoms with Crippen LogP contribution in [0.15, 0.2) is 24.8 Å². The topological polar surface area (TPSA) is 89.1 Å². The second-order valence-electron chi connectivity index (χ2n) is 6.16. The van der Waals surface area contributed by atoms with Crippen molar-refractivity contribution in [1.29, 1.82) is 0 Å². The SMILES string of the molecule is CN(c1ncnc2c1ccn2C)C1CCn2cc(C(=O)O)nc2C1. The van der Waals surface area contributed by atoms with E-state index in [1.807, 2.05) is 35.5 Å². The first-order chi connectivity index (χ1) is 11.5. The molecule has 0 aromatic carbocycles. The summed E-state index contributed by atoms with van der Waals surface area (Å²) in [5, 5.41) is 10.1. The van der Waals surface area contributed by atoms with Gasteiger partial charge in [-0.1, -0.05) is 0 Å². The Morgan fingerprint density at radius 2 is 2.25 bits per heavy atom. The lowest BCUT2D eigenvalue weighted by atomic mass is 10.0. The zero-order valence-electron chi connectivity index (χ0n) is 13.5. The van der Waals surface area contributed by atoms with Crippen molar-refractivity contribution in [3.05, 3.63) is 36.3 Å². The summed E-state index contributed by atoms with van der Waals surface area (Å²) in [5.41, 5.74) is 1.01. The highest BCUT2D eigenvalue weighted by Crippen LogP contribution is 2.27. The number of anilines is 1. The largest absolute Gasteiger partial charge is 0.476 e. The zero-order valence-corrected chi connectivity index (χ0v) is 13.5. The number of carbonyl (C=O) groups is 1. The third kappa shape index (κ3) is 2.22. The number of aromatic carboxylic acids is 1. The van der Waals surface area contributed by atoms with Crippen LogP contribution in [0, 0.1) is 0 Å². The number of likely N-dealkylation sites (N-methyl/N-ethyl adjacent to an activating group) is 1. The molecule has 0 radical (unpaired) electrons. The number of rotatable bonds is 3. The van der Waals surface area contributed by atoms with Crippen molar-refractivity contribution >= 4 is 22.8 Å². The summed E-state index contributed by atoms with van der Waals surface area (Å²) < 4.78 is 3.91. The third-order valence-electron chi connectivity index (χ3n) is 4.72. The van der Waals surface area contributed by atoms with Gasteiger partial charge in [-0.15, -0.1) is 0 Å². The molecule has 0 bridgehead atoms. The molecule has 0 amide bonds. The molecule has 1 atom stereocenters. The minimum Gasteiger partial charge on any atom is -0.476 e. The van der Waals surface area contributed by atoms with Crippen LogP contribution in [-0.4, -0.2) is 48.3 Å². The summed E-state index contributed by atoms with van der Waals surface area (Å²) >= 11 is 0. The minimum atomic E-state index is -0.983. The van der Waals surface area contributed by atoms with Gasteiger partial charge in [-0.05, 0) is 12.5 Å². The van der Waals surface area contributed by atoms with Gasteiger partial charge in [-0.25, -0.2) is 19.7 Å². The number of aryl methyl sites for hydroxylation is 2. The summed E-state index contributed by atoms with van der Waals surface area (Å²) in [6, 6.07) is 2.24. The fourth-order valence-electron chi connectivity index (χ4n) is 3.36. The van der Waals surface area contributed by atoms with Gasteiger partial charge in [0.15, 0.2) is 5.69 Å². The number of carboxylic acid groups (broad SMARTS) is 1. The van der Waals surface area contributed by atoms with Crippen LogP contribution in [0.1, 0.15) is 22.7 Å². The highest BCUT2D eigenvalue weighted by molar-refractivity contribution is 5.88. The Balaban J connectivity index is 1.65. The lowest BCUT2D eigenvalue weighted by Gasteiger charge is -2.32. The summed E-state index contributed by atoms with van der Waals surface area (Å²) in [6.07, 6.45) is 6.79. The Kier molecular flexibility index (Phi) is 3.26. The predicted octanol–water partition coefficient (Wildman–Crippen LogP) is 1.31. The molecular formula is C16H18N6O2. The molecule has 1 N–H and O–H groups in total. The number of aromatic nitrogens is 5. The fraction of sp³-hybridized carbons (Fsp3) is 0.375. The van der Waals surface area contributed by atoms with E-state index >= 15 is 0 Å². The van der Waals surface area contributed by atoms with E-state index in [1.165, 1.54) is 0 Å². The Morgan fingerprint density at radius 3 is 3.04 bits per heavy atom. The van der Waals surface area contributed by atoms with Crippen molar-refractivity contribution in [1.82, 2.24) is 24.1 Å². The van der Waals surface area contributed by atoms with Gasteiger partial charge < -0.3 is 19.1 Å². The van der Waals surface area contributed by atoms with Gasteiger partial charge in [0.25, 0.3) is 0 Å². The van der Waals surface area contributed by atoms with Crippen LogP contribution in [0.2, 0.25) is 0 Å². The Morgan fingerprint density at radius 1 is 1.42 bits per heavy atom. The maximum Gasteiger partial charge on any atom is 0.356 e. The highest BCUT2D eigenvalue weighted by Gasteiger charge is 2.27. The molecule has 0 saturated carbocycles. The first-order valence-electron chi connectivity index (χ1n) is 7.83. The van der Waals surface area contributed by atoms with Crippen molar-refractivity contribution in [2.75, 3.05) is 11.9 Å². The first-order valence-corrected chi connectivity index (χ1v) is 7.83. The van der Waals surface area contributed by atoms with Gasteiger partial charge in [-0.3, -0.25) is 0 Å². The van der Waals surface area contributed by atoms with E-state index in [2.05, 4.69) is 19.9 Å². The van der Waals surface area contributed by atoms with Crippen LogP contribution >= 0.6 is 0 Å². The van der Waals surface area contributed by atoms with Crippen LogP contribution in [0.25, 0.3) is 11.0 Å². The summed E-state index contributed by atoms with van der Waals surface area (Å²) in [4.78, 5) is 26.3. The predicted molar refractivity (Wildman–Crippen MR) is 88.2 cm³/mol. The van der Waals surface area contributed by atoms with Crippen LogP contribution in [0.4, 0.5) is 5.82 Å². The molecule has 4 heterocycles. The molecule has 0 spiro atoms. The van der Waals surface area contributed by atoms with Crippen molar-refractivity contribution < 1.29 is 9.90 Å². The lowest BCUT2D eigenvalue weighted by molar-refractivity contribution is 0.0691. The minimum absolute atomic E-state index is 0.112. The molecule has 124 valence electrons. The molecular weight excluding hydrogens is 308 g/mol. The average molecular weight is 326 g/mol. The van der Waals surface area contributed by atoms with Crippen molar-refractivity contribution in [3.8, 4) is 0 Å². The monoisotopic (exact) mass is 326 g/mol. The van der Waals surface area contributed by atoms with Crippen molar-refractivity contribution in [2.45, 2.75) is 25.4 Å². The molecule has 0 aliphatic carbocycles. The van der Waals surface area contributed by atoms with E-state index in [1.54, 1.807) is 12.5 Å². The zero-order chi connectivity index (χ0) is 16.8. The molecule has 3 aromatic heterocycles. The summed E-state index contributed by atoms with van der Waals surface area (Å²) in [6.45, 7) is 0.758. The van der Waals surface area contributed by atoms with E-state index < -0.39 is 5.97 Å². The molecule has 1 unspecified atom stereocenters. The van der Waals surface area contributed by atoms with Crippen molar-refractivity contribution in [3.63, 3.8) is 0 Å². The van der Waals surface area contributed by atoms with Gasteiger partial charge in [0.1, 0.15) is 23.6 Å². The van der Waals surface area contributed by atoms with E-state index in [0.717, 1.165) is 35.6 Å². The van der Waals surface area contributed by atoms with E-state index in [0.29, 0.717) is 6.42 Å². The van der Waals surface area contributed by atoms with Gasteiger partial charge in [0.05, 0.1) is 5.39 Å². The van der Waals surface area contributed by atoms with Gasteiger partial charge in [0, 0.05) is 45.5 Å². The molecule has 24 heavy (non-hydrogen) atoms. The second-order valence-corrected chi connectivity index (χ2v) is 6.16. The normalized spacial score (nSPS) is 17.0. The fourth-order valence-corrected chi connectivity index (χ4v) is 3.36. The number of hydrogen-bond donors (Lipinski definition) is 1. The first kappa shape index (κ1) is 14.7. The van der Waals surface area contributed by atoms with Gasteiger partial charge in [-0.2, -0.15) is 0 Å². The second kappa shape index (κ2) is 5.33.